The van der Waals surface area contributed by atoms with Crippen LogP contribution in [0.5, 0.6) is 5.75 Å². The Hall–Kier alpha value is -3.42. The standard InChI is InChI=1S/C24H17ClIN3O4/c1-15-5-7-19(25)12-22(15)28-24(30)18(13-27)9-16-6-8-23(21(26)11-16)33-14-17-3-2-4-20(10-17)29(31)32/h2-12H,14H2,1H3,(H,28,30)/b18-9+. The van der Waals surface area contributed by atoms with E-state index in [1.165, 1.54) is 18.2 Å². The fraction of sp³-hybridized carbons (Fsp3) is 0.0833. The summed E-state index contributed by atoms with van der Waals surface area (Å²) >= 11 is 8.08. The molecule has 0 radical (unpaired) electrons. The molecule has 9 heteroatoms. The number of amides is 1. The average Bonchev–Trinajstić information content (AvgIpc) is 2.79. The lowest BCUT2D eigenvalue weighted by molar-refractivity contribution is -0.384. The Bertz CT molecular complexity index is 1300. The molecular formula is C24H17ClIN3O4. The fourth-order valence-corrected chi connectivity index (χ4v) is 3.75. The number of ether oxygens (including phenoxy) is 1. The minimum atomic E-state index is -0.538. The van der Waals surface area contributed by atoms with E-state index >= 15 is 0 Å². The Morgan fingerprint density at radius 1 is 1.24 bits per heavy atom. The highest BCUT2D eigenvalue weighted by Gasteiger charge is 2.12. The molecule has 7 nitrogen and oxygen atoms in total. The smallest absolute Gasteiger partial charge is 0.269 e. The van der Waals surface area contributed by atoms with Crippen LogP contribution in [0, 0.1) is 31.9 Å². The number of nitro groups is 1. The van der Waals surface area contributed by atoms with Gasteiger partial charge in [0.1, 0.15) is 24.0 Å². The zero-order valence-electron chi connectivity index (χ0n) is 17.3. The predicted molar refractivity (Wildman–Crippen MR) is 135 cm³/mol. The number of rotatable bonds is 7. The molecule has 3 rings (SSSR count). The molecule has 0 aliphatic rings. The molecule has 1 N–H and O–H groups in total. The largest absolute Gasteiger partial charge is 0.488 e. The van der Waals surface area contributed by atoms with Gasteiger partial charge in [0, 0.05) is 22.8 Å². The number of non-ortho nitro benzene ring substituents is 1. The third-order valence-corrected chi connectivity index (χ3v) is 5.67. The van der Waals surface area contributed by atoms with Gasteiger partial charge in [0.2, 0.25) is 0 Å². The normalized spacial score (nSPS) is 10.9. The van der Waals surface area contributed by atoms with Crippen LogP contribution in [0.15, 0.2) is 66.2 Å². The van der Waals surface area contributed by atoms with E-state index in [2.05, 4.69) is 27.9 Å². The molecule has 166 valence electrons. The minimum Gasteiger partial charge on any atom is -0.488 e. The lowest BCUT2D eigenvalue weighted by atomic mass is 10.1. The van der Waals surface area contributed by atoms with Gasteiger partial charge in [-0.1, -0.05) is 35.9 Å². The molecule has 0 saturated carbocycles. The average molecular weight is 574 g/mol. The van der Waals surface area contributed by atoms with Gasteiger partial charge in [0.15, 0.2) is 0 Å². The number of hydrogen-bond donors (Lipinski definition) is 1. The van der Waals surface area contributed by atoms with E-state index in [0.29, 0.717) is 27.6 Å². The van der Waals surface area contributed by atoms with E-state index in [4.69, 9.17) is 16.3 Å². The van der Waals surface area contributed by atoms with Crippen molar-refractivity contribution in [1.29, 1.82) is 5.26 Å². The second kappa shape index (κ2) is 10.9. The van der Waals surface area contributed by atoms with Crippen LogP contribution in [0.2, 0.25) is 5.02 Å². The van der Waals surface area contributed by atoms with Crippen molar-refractivity contribution in [3.8, 4) is 11.8 Å². The lowest BCUT2D eigenvalue weighted by Gasteiger charge is -2.10. The quantitative estimate of drug-likeness (QED) is 0.118. The molecule has 0 aliphatic carbocycles. The summed E-state index contributed by atoms with van der Waals surface area (Å²) in [6.45, 7) is 1.99. The fourth-order valence-electron chi connectivity index (χ4n) is 2.88. The van der Waals surface area contributed by atoms with Crippen molar-refractivity contribution in [2.75, 3.05) is 5.32 Å². The molecule has 0 saturated heterocycles. The molecule has 3 aromatic carbocycles. The van der Waals surface area contributed by atoms with E-state index in [1.54, 1.807) is 48.5 Å². The molecule has 0 aromatic heterocycles. The van der Waals surface area contributed by atoms with Gasteiger partial charge in [0.05, 0.1) is 8.49 Å². The second-order valence-corrected chi connectivity index (χ2v) is 8.59. The highest BCUT2D eigenvalue weighted by molar-refractivity contribution is 14.1. The Labute approximate surface area is 208 Å². The highest BCUT2D eigenvalue weighted by Crippen LogP contribution is 2.26. The van der Waals surface area contributed by atoms with Crippen LogP contribution >= 0.6 is 34.2 Å². The Morgan fingerprint density at radius 3 is 2.73 bits per heavy atom. The maximum absolute atomic E-state index is 12.6. The number of anilines is 1. The molecule has 1 amide bonds. The number of nitrogens with zero attached hydrogens (tertiary/aromatic N) is 2. The van der Waals surface area contributed by atoms with Gasteiger partial charge in [-0.2, -0.15) is 5.26 Å². The number of hydrogen-bond acceptors (Lipinski definition) is 5. The van der Waals surface area contributed by atoms with E-state index in [1.807, 2.05) is 13.0 Å². The predicted octanol–water partition coefficient (Wildman–Crippen LogP) is 6.29. The Kier molecular flexibility index (Phi) is 8.03. The third-order valence-electron chi connectivity index (χ3n) is 4.60. The molecule has 0 fully saturated rings. The lowest BCUT2D eigenvalue weighted by Crippen LogP contribution is -2.14. The first kappa shape index (κ1) is 24.2. The van der Waals surface area contributed by atoms with Gasteiger partial charge in [0.25, 0.3) is 11.6 Å². The summed E-state index contributed by atoms with van der Waals surface area (Å²) in [6, 6.07) is 18.5. The third kappa shape index (κ3) is 6.54. The maximum Gasteiger partial charge on any atom is 0.269 e. The van der Waals surface area contributed by atoms with E-state index < -0.39 is 10.8 Å². The van der Waals surface area contributed by atoms with E-state index in [-0.39, 0.29) is 17.9 Å². The summed E-state index contributed by atoms with van der Waals surface area (Å²) < 4.78 is 6.55. The zero-order chi connectivity index (χ0) is 24.0. The van der Waals surface area contributed by atoms with Gasteiger partial charge in [-0.05, 0) is 76.5 Å². The molecule has 0 heterocycles. The van der Waals surface area contributed by atoms with Crippen LogP contribution in [0.3, 0.4) is 0 Å². The number of nitriles is 1. The Morgan fingerprint density at radius 2 is 2.03 bits per heavy atom. The van der Waals surface area contributed by atoms with Crippen molar-refractivity contribution in [2.24, 2.45) is 0 Å². The van der Waals surface area contributed by atoms with Gasteiger partial charge in [-0.15, -0.1) is 0 Å². The first-order valence-corrected chi connectivity index (χ1v) is 11.1. The van der Waals surface area contributed by atoms with Crippen molar-refractivity contribution in [2.45, 2.75) is 13.5 Å². The molecule has 33 heavy (non-hydrogen) atoms. The first-order chi connectivity index (χ1) is 15.8. The van der Waals surface area contributed by atoms with Crippen molar-refractivity contribution in [3.05, 3.63) is 102 Å². The zero-order valence-corrected chi connectivity index (χ0v) is 20.3. The minimum absolute atomic E-state index is 0.00144. The Balaban J connectivity index is 1.73. The summed E-state index contributed by atoms with van der Waals surface area (Å²) in [7, 11) is 0. The number of benzene rings is 3. The van der Waals surface area contributed by atoms with Crippen LogP contribution in [-0.2, 0) is 11.4 Å². The van der Waals surface area contributed by atoms with Crippen LogP contribution in [0.1, 0.15) is 16.7 Å². The van der Waals surface area contributed by atoms with Crippen LogP contribution < -0.4 is 10.1 Å². The monoisotopic (exact) mass is 573 g/mol. The molecule has 0 aliphatic heterocycles. The van der Waals surface area contributed by atoms with Crippen molar-refractivity contribution in [1.82, 2.24) is 0 Å². The van der Waals surface area contributed by atoms with Gasteiger partial charge in [-0.3, -0.25) is 14.9 Å². The number of halogens is 2. The summed E-state index contributed by atoms with van der Waals surface area (Å²) in [5.41, 5.74) is 2.62. The summed E-state index contributed by atoms with van der Waals surface area (Å²) in [4.78, 5) is 23.0. The number of aryl methyl sites for hydroxylation is 1. The first-order valence-electron chi connectivity index (χ1n) is 9.62. The number of carbonyl (C=O) groups excluding carboxylic acids is 1. The molecule has 0 bridgehead atoms. The summed E-state index contributed by atoms with van der Waals surface area (Å²) in [5, 5.41) is 23.6. The summed E-state index contributed by atoms with van der Waals surface area (Å²) in [6.07, 6.45) is 1.49. The van der Waals surface area contributed by atoms with E-state index in [0.717, 1.165) is 9.13 Å². The molecule has 3 aromatic rings. The van der Waals surface area contributed by atoms with Crippen LogP contribution in [0.25, 0.3) is 6.08 Å². The number of nitro benzene ring substituents is 1. The topological polar surface area (TPSA) is 105 Å². The second-order valence-electron chi connectivity index (χ2n) is 6.99. The molecule has 0 unspecified atom stereocenters. The van der Waals surface area contributed by atoms with Gasteiger partial charge in [-0.25, -0.2) is 0 Å². The number of carbonyl (C=O) groups is 1. The van der Waals surface area contributed by atoms with Crippen molar-refractivity contribution in [3.63, 3.8) is 0 Å². The van der Waals surface area contributed by atoms with Crippen molar-refractivity contribution >= 4 is 57.5 Å². The molecule has 0 atom stereocenters. The molecule has 0 spiro atoms. The summed E-state index contributed by atoms with van der Waals surface area (Å²) in [5.74, 6) is 0.0423. The van der Waals surface area contributed by atoms with Gasteiger partial charge >= 0.3 is 0 Å². The molecular weight excluding hydrogens is 557 g/mol. The highest BCUT2D eigenvalue weighted by atomic mass is 127. The van der Waals surface area contributed by atoms with Crippen molar-refractivity contribution < 1.29 is 14.5 Å². The number of nitrogens with one attached hydrogen (secondary N) is 1. The van der Waals surface area contributed by atoms with Crippen LogP contribution in [0.4, 0.5) is 11.4 Å². The maximum atomic E-state index is 12.6. The van der Waals surface area contributed by atoms with E-state index in [9.17, 15) is 20.2 Å². The van der Waals surface area contributed by atoms with Crippen LogP contribution in [-0.4, -0.2) is 10.8 Å². The SMILES string of the molecule is Cc1ccc(Cl)cc1NC(=O)/C(C#N)=C/c1ccc(OCc2cccc([N+](=O)[O-])c2)c(I)c1. The van der Waals surface area contributed by atoms with Gasteiger partial charge < -0.3 is 10.1 Å².